The van der Waals surface area contributed by atoms with Crippen LogP contribution in [0.25, 0.3) is 0 Å². The molecule has 0 aliphatic heterocycles. The summed E-state index contributed by atoms with van der Waals surface area (Å²) in [6.07, 6.45) is 7.33. The van der Waals surface area contributed by atoms with Crippen molar-refractivity contribution in [3.63, 3.8) is 0 Å². The van der Waals surface area contributed by atoms with Crippen LogP contribution < -0.4 is 0 Å². The van der Waals surface area contributed by atoms with Gasteiger partial charge in [-0.2, -0.15) is 0 Å². The van der Waals surface area contributed by atoms with Gasteiger partial charge in [0, 0.05) is 11.8 Å². The summed E-state index contributed by atoms with van der Waals surface area (Å²) in [7, 11) is 0. The normalized spacial score (nSPS) is 17.0. The zero-order valence-corrected chi connectivity index (χ0v) is 20.9. The summed E-state index contributed by atoms with van der Waals surface area (Å²) >= 11 is 0. The molecular formula is C24H50O6. The molecule has 6 nitrogen and oxygen atoms in total. The van der Waals surface area contributed by atoms with Gasteiger partial charge in [-0.15, -0.1) is 0 Å². The zero-order valence-electron chi connectivity index (χ0n) is 20.9. The van der Waals surface area contributed by atoms with E-state index in [1.165, 1.54) is 0 Å². The van der Waals surface area contributed by atoms with Crippen LogP contribution in [0.2, 0.25) is 0 Å². The SMILES string of the molecule is CCCCC(CC)C(O)OOC(C)(C)CCC(C)(C)OOC(O)C(CC)CCCC. The number of hydrogen-bond donors (Lipinski definition) is 2. The van der Waals surface area contributed by atoms with E-state index >= 15 is 0 Å². The van der Waals surface area contributed by atoms with E-state index in [9.17, 15) is 10.2 Å². The first-order valence-corrected chi connectivity index (χ1v) is 12.1. The van der Waals surface area contributed by atoms with E-state index in [0.29, 0.717) is 12.8 Å². The second-order valence-corrected chi connectivity index (χ2v) is 9.78. The Morgan fingerprint density at radius 3 is 1.23 bits per heavy atom. The zero-order chi connectivity index (χ0) is 23.2. The molecule has 30 heavy (non-hydrogen) atoms. The van der Waals surface area contributed by atoms with Crippen molar-refractivity contribution in [1.82, 2.24) is 0 Å². The predicted molar refractivity (Wildman–Crippen MR) is 120 cm³/mol. The first-order chi connectivity index (χ1) is 14.0. The molecule has 0 heterocycles. The van der Waals surface area contributed by atoms with E-state index in [0.717, 1.165) is 51.4 Å². The fraction of sp³-hybridized carbons (Fsp3) is 1.00. The van der Waals surface area contributed by atoms with Crippen molar-refractivity contribution < 1.29 is 29.8 Å². The number of rotatable bonds is 19. The molecule has 4 unspecified atom stereocenters. The highest BCUT2D eigenvalue weighted by Crippen LogP contribution is 2.28. The van der Waals surface area contributed by atoms with E-state index in [2.05, 4.69) is 27.7 Å². The Bertz CT molecular complexity index is 375. The third-order valence-corrected chi connectivity index (χ3v) is 5.79. The molecule has 0 aliphatic rings. The van der Waals surface area contributed by atoms with Crippen LogP contribution in [-0.4, -0.2) is 34.0 Å². The van der Waals surface area contributed by atoms with Crippen molar-refractivity contribution in [2.24, 2.45) is 11.8 Å². The van der Waals surface area contributed by atoms with Crippen LogP contribution in [0.1, 0.15) is 120 Å². The minimum absolute atomic E-state index is 0.0784. The summed E-state index contributed by atoms with van der Waals surface area (Å²) in [6, 6.07) is 0. The molecule has 2 N–H and O–H groups in total. The van der Waals surface area contributed by atoms with Crippen molar-refractivity contribution in [2.75, 3.05) is 0 Å². The van der Waals surface area contributed by atoms with Crippen molar-refractivity contribution in [3.05, 3.63) is 0 Å². The Labute approximate surface area is 185 Å². The highest BCUT2D eigenvalue weighted by molar-refractivity contribution is 4.75. The topological polar surface area (TPSA) is 77.4 Å². The Morgan fingerprint density at radius 1 is 0.633 bits per heavy atom. The molecule has 0 fully saturated rings. The fourth-order valence-corrected chi connectivity index (χ4v) is 3.23. The van der Waals surface area contributed by atoms with E-state index < -0.39 is 23.8 Å². The van der Waals surface area contributed by atoms with Gasteiger partial charge in [0.15, 0.2) is 12.6 Å². The standard InChI is InChI=1S/C24H50O6/c1-9-13-15-19(11-3)21(25)27-29-23(5,6)17-18-24(7,8)30-28-22(26)20(12-4)16-14-10-2/h19-22,25-26H,9-18H2,1-8H3. The molecule has 0 bridgehead atoms. The lowest BCUT2D eigenvalue weighted by Crippen LogP contribution is -2.35. The van der Waals surface area contributed by atoms with Crippen LogP contribution in [0.4, 0.5) is 0 Å². The molecule has 0 aromatic rings. The number of unbranched alkanes of at least 4 members (excludes halogenated alkanes) is 2. The molecule has 6 heteroatoms. The monoisotopic (exact) mass is 434 g/mol. The van der Waals surface area contributed by atoms with E-state index in [1.54, 1.807) is 0 Å². The van der Waals surface area contributed by atoms with Gasteiger partial charge in [-0.3, -0.25) is 0 Å². The summed E-state index contributed by atoms with van der Waals surface area (Å²) in [6.45, 7) is 16.1. The van der Waals surface area contributed by atoms with Gasteiger partial charge in [-0.05, 0) is 66.2 Å². The minimum Gasteiger partial charge on any atom is -0.365 e. The fourth-order valence-electron chi connectivity index (χ4n) is 3.23. The van der Waals surface area contributed by atoms with E-state index in [1.807, 2.05) is 27.7 Å². The third-order valence-electron chi connectivity index (χ3n) is 5.79. The molecular weight excluding hydrogens is 384 g/mol. The molecule has 0 spiro atoms. The molecule has 182 valence electrons. The molecule has 0 aromatic heterocycles. The Kier molecular flexibility index (Phi) is 15.4. The Balaban J connectivity index is 4.44. The number of aliphatic hydroxyl groups excluding tert-OH is 2. The largest absolute Gasteiger partial charge is 0.365 e. The molecule has 0 rings (SSSR count). The lowest BCUT2D eigenvalue weighted by molar-refractivity contribution is -0.433. The van der Waals surface area contributed by atoms with Crippen LogP contribution >= 0.6 is 0 Å². The molecule has 0 aliphatic carbocycles. The summed E-state index contributed by atoms with van der Waals surface area (Å²) in [5.41, 5.74) is -1.17. The second kappa shape index (κ2) is 15.5. The van der Waals surface area contributed by atoms with Crippen LogP contribution in [0, 0.1) is 11.8 Å². The lowest BCUT2D eigenvalue weighted by atomic mass is 9.94. The molecule has 0 saturated heterocycles. The maximum Gasteiger partial charge on any atom is 0.191 e. The summed E-state index contributed by atoms with van der Waals surface area (Å²) in [5.74, 6) is 0.157. The Morgan fingerprint density at radius 2 is 0.967 bits per heavy atom. The molecule has 0 amide bonds. The highest BCUT2D eigenvalue weighted by Gasteiger charge is 2.30. The van der Waals surface area contributed by atoms with Gasteiger partial charge in [0.2, 0.25) is 0 Å². The average Bonchev–Trinajstić information content (AvgIpc) is 2.70. The van der Waals surface area contributed by atoms with Crippen LogP contribution in [0.5, 0.6) is 0 Å². The average molecular weight is 435 g/mol. The van der Waals surface area contributed by atoms with Gasteiger partial charge in [-0.1, -0.05) is 53.4 Å². The lowest BCUT2D eigenvalue weighted by Gasteiger charge is -2.32. The summed E-state index contributed by atoms with van der Waals surface area (Å²) in [5, 5.41) is 20.6. The highest BCUT2D eigenvalue weighted by atomic mass is 17.2. The van der Waals surface area contributed by atoms with Gasteiger partial charge in [0.05, 0.1) is 11.2 Å². The first-order valence-electron chi connectivity index (χ1n) is 12.1. The van der Waals surface area contributed by atoms with Gasteiger partial charge in [-0.25, -0.2) is 19.6 Å². The maximum absolute atomic E-state index is 10.3. The summed E-state index contributed by atoms with van der Waals surface area (Å²) < 4.78 is 0. The van der Waals surface area contributed by atoms with Crippen molar-refractivity contribution in [3.8, 4) is 0 Å². The number of aliphatic hydroxyl groups is 2. The van der Waals surface area contributed by atoms with E-state index in [-0.39, 0.29) is 11.8 Å². The van der Waals surface area contributed by atoms with Gasteiger partial charge < -0.3 is 10.2 Å². The predicted octanol–water partition coefficient (Wildman–Crippen LogP) is 6.29. The smallest absolute Gasteiger partial charge is 0.191 e. The molecule has 0 saturated carbocycles. The van der Waals surface area contributed by atoms with Gasteiger partial charge in [0.25, 0.3) is 0 Å². The van der Waals surface area contributed by atoms with Crippen molar-refractivity contribution >= 4 is 0 Å². The summed E-state index contributed by atoms with van der Waals surface area (Å²) in [4.78, 5) is 21.9. The Hall–Kier alpha value is -0.240. The number of hydrogen-bond acceptors (Lipinski definition) is 6. The van der Waals surface area contributed by atoms with Crippen LogP contribution in [-0.2, 0) is 19.6 Å². The van der Waals surface area contributed by atoms with Crippen LogP contribution in [0.15, 0.2) is 0 Å². The van der Waals surface area contributed by atoms with E-state index in [4.69, 9.17) is 19.6 Å². The second-order valence-electron chi connectivity index (χ2n) is 9.78. The minimum atomic E-state index is -0.919. The molecule has 4 atom stereocenters. The maximum atomic E-state index is 10.3. The molecule has 0 radical (unpaired) electrons. The first kappa shape index (κ1) is 29.8. The third kappa shape index (κ3) is 13.2. The quantitative estimate of drug-likeness (QED) is 0.141. The van der Waals surface area contributed by atoms with Gasteiger partial charge in [0.1, 0.15) is 0 Å². The van der Waals surface area contributed by atoms with Crippen LogP contribution in [0.3, 0.4) is 0 Å². The van der Waals surface area contributed by atoms with Crippen molar-refractivity contribution in [1.29, 1.82) is 0 Å². The van der Waals surface area contributed by atoms with Crippen molar-refractivity contribution in [2.45, 2.75) is 143 Å². The van der Waals surface area contributed by atoms with Gasteiger partial charge >= 0.3 is 0 Å². The molecule has 0 aromatic carbocycles.